The van der Waals surface area contributed by atoms with Crippen LogP contribution in [-0.2, 0) is 9.36 Å². The lowest BCUT2D eigenvalue weighted by Crippen LogP contribution is -3.00. The number of aliphatic carboxylic acids is 1. The van der Waals surface area contributed by atoms with Crippen LogP contribution in [0.3, 0.4) is 0 Å². The van der Waals surface area contributed by atoms with Crippen molar-refractivity contribution in [3.63, 3.8) is 0 Å². The molecule has 0 amide bonds. The monoisotopic (exact) mass is 395 g/mol. The highest BCUT2D eigenvalue weighted by Crippen LogP contribution is 2.51. The number of nitrogens with zero attached hydrogens (tertiary/aromatic N) is 1. The summed E-state index contributed by atoms with van der Waals surface area (Å²) in [5.41, 5.74) is 0. The standard InChI is InChI=1S/C9H18NO6P.HI/c1-10(5-2-3-6-10)7-4-9(13,8(11)12)17(14,15)16;/h13H,2-7H2,1H3,(H2-,11,12,14,15,16);1H. The average Bonchev–Trinajstić information content (AvgIpc) is 2.60. The van der Waals surface area contributed by atoms with Crippen LogP contribution in [0, 0.1) is 0 Å². The third kappa shape index (κ3) is 3.88. The molecule has 0 radical (unpaired) electrons. The lowest BCUT2D eigenvalue weighted by molar-refractivity contribution is -0.898. The zero-order chi connectivity index (χ0) is 13.3. The fourth-order valence-electron chi connectivity index (χ4n) is 2.13. The van der Waals surface area contributed by atoms with Crippen LogP contribution in [0.15, 0.2) is 0 Å². The molecule has 0 aromatic rings. The van der Waals surface area contributed by atoms with Crippen molar-refractivity contribution in [1.29, 1.82) is 0 Å². The van der Waals surface area contributed by atoms with Gasteiger partial charge in [-0.2, -0.15) is 0 Å². The van der Waals surface area contributed by atoms with Crippen LogP contribution < -0.4 is 24.0 Å². The van der Waals surface area contributed by atoms with E-state index >= 15 is 0 Å². The normalized spacial score (nSPS) is 22.0. The molecule has 1 atom stereocenters. The van der Waals surface area contributed by atoms with Gasteiger partial charge in [-0.3, -0.25) is 4.57 Å². The number of hydrogen-bond acceptors (Lipinski definition) is 3. The molecule has 0 aromatic heterocycles. The van der Waals surface area contributed by atoms with E-state index in [1.807, 2.05) is 7.05 Å². The van der Waals surface area contributed by atoms with Crippen molar-refractivity contribution >= 4 is 13.6 Å². The topological polar surface area (TPSA) is 115 Å². The number of carbonyl (C=O) groups is 1. The number of carboxylic acid groups (broad SMARTS) is 1. The van der Waals surface area contributed by atoms with E-state index in [9.17, 15) is 14.5 Å². The molecule has 0 spiro atoms. The molecule has 9 heteroatoms. The minimum atomic E-state index is -5.08. The molecular formula is C9H19INO6P. The minimum absolute atomic E-state index is 0. The summed E-state index contributed by atoms with van der Waals surface area (Å²) in [5.74, 6) is -1.86. The van der Waals surface area contributed by atoms with Crippen molar-refractivity contribution in [3.8, 4) is 0 Å². The first-order chi connectivity index (χ1) is 7.61. The van der Waals surface area contributed by atoms with Gasteiger partial charge in [0.25, 0.3) is 5.34 Å². The van der Waals surface area contributed by atoms with Gasteiger partial charge in [-0.25, -0.2) is 4.79 Å². The van der Waals surface area contributed by atoms with Crippen molar-refractivity contribution in [3.05, 3.63) is 0 Å². The fraction of sp³-hybridized carbons (Fsp3) is 0.889. The van der Waals surface area contributed by atoms with Gasteiger partial charge in [-0.05, 0) is 0 Å². The Balaban J connectivity index is 0.00000289. The maximum absolute atomic E-state index is 11.1. The third-order valence-corrected chi connectivity index (χ3v) is 4.85. The second kappa shape index (κ2) is 6.15. The Bertz CT molecular complexity index is 353. The molecule has 1 unspecified atom stereocenters. The molecule has 18 heavy (non-hydrogen) atoms. The summed E-state index contributed by atoms with van der Waals surface area (Å²) in [5, 5.41) is 15.4. The zero-order valence-electron chi connectivity index (χ0n) is 10.1. The number of likely N-dealkylation sites (tertiary alicyclic amines) is 1. The van der Waals surface area contributed by atoms with E-state index in [0.717, 1.165) is 25.9 Å². The maximum atomic E-state index is 11.1. The van der Waals surface area contributed by atoms with Gasteiger partial charge in [-0.15, -0.1) is 0 Å². The second-order valence-electron chi connectivity index (χ2n) is 4.91. The van der Waals surface area contributed by atoms with Crippen LogP contribution in [-0.4, -0.2) is 62.5 Å². The quantitative estimate of drug-likeness (QED) is 0.219. The Hall–Kier alpha value is 0.270. The van der Waals surface area contributed by atoms with Crippen molar-refractivity contribution in [2.45, 2.75) is 24.6 Å². The van der Waals surface area contributed by atoms with Gasteiger partial charge in [0, 0.05) is 19.3 Å². The van der Waals surface area contributed by atoms with Gasteiger partial charge >= 0.3 is 13.6 Å². The van der Waals surface area contributed by atoms with Crippen LogP contribution in [0.4, 0.5) is 0 Å². The molecular weight excluding hydrogens is 376 g/mol. The molecule has 108 valence electrons. The highest BCUT2D eigenvalue weighted by atomic mass is 127. The lowest BCUT2D eigenvalue weighted by atomic mass is 10.2. The summed E-state index contributed by atoms with van der Waals surface area (Å²) in [4.78, 5) is 28.7. The van der Waals surface area contributed by atoms with E-state index in [-0.39, 0.29) is 30.5 Å². The lowest BCUT2D eigenvalue weighted by Gasteiger charge is -2.32. The molecule has 1 saturated heterocycles. The Morgan fingerprint density at radius 3 is 2.11 bits per heavy atom. The third-order valence-electron chi connectivity index (χ3n) is 3.47. The molecule has 0 bridgehead atoms. The van der Waals surface area contributed by atoms with Crippen LogP contribution in [0.2, 0.25) is 0 Å². The van der Waals surface area contributed by atoms with Crippen LogP contribution in [0.25, 0.3) is 0 Å². The first-order valence-electron chi connectivity index (χ1n) is 5.46. The Morgan fingerprint density at radius 2 is 1.78 bits per heavy atom. The Morgan fingerprint density at radius 1 is 1.33 bits per heavy atom. The molecule has 4 N–H and O–H groups in total. The molecule has 1 aliphatic rings. The summed E-state index contributed by atoms with van der Waals surface area (Å²) < 4.78 is 11.6. The summed E-state index contributed by atoms with van der Waals surface area (Å²) in [6.07, 6.45) is 1.58. The number of halogens is 1. The molecule has 0 aliphatic carbocycles. The largest absolute Gasteiger partial charge is 1.00 e. The van der Waals surface area contributed by atoms with Gasteiger partial charge in [0.05, 0.1) is 26.7 Å². The highest BCUT2D eigenvalue weighted by Gasteiger charge is 2.53. The van der Waals surface area contributed by atoms with Gasteiger partial charge in [0.2, 0.25) is 0 Å². The number of rotatable bonds is 5. The van der Waals surface area contributed by atoms with E-state index < -0.39 is 25.3 Å². The fourth-order valence-corrected chi connectivity index (χ4v) is 2.77. The number of hydrogen-bond donors (Lipinski definition) is 4. The molecule has 7 nitrogen and oxygen atoms in total. The predicted molar refractivity (Wildman–Crippen MR) is 59.3 cm³/mol. The Kier molecular flexibility index (Phi) is 6.24. The summed E-state index contributed by atoms with van der Waals surface area (Å²) in [7, 11) is -3.19. The Labute approximate surface area is 123 Å². The van der Waals surface area contributed by atoms with E-state index in [1.54, 1.807) is 0 Å². The zero-order valence-corrected chi connectivity index (χ0v) is 13.2. The van der Waals surface area contributed by atoms with Crippen molar-refractivity contribution in [2.24, 2.45) is 0 Å². The highest BCUT2D eigenvalue weighted by molar-refractivity contribution is 7.54. The summed E-state index contributed by atoms with van der Waals surface area (Å²) in [6.45, 7) is 1.93. The van der Waals surface area contributed by atoms with Gasteiger partial charge < -0.3 is 48.5 Å². The number of aliphatic hydroxyl groups is 1. The molecule has 1 aliphatic heterocycles. The summed E-state index contributed by atoms with van der Waals surface area (Å²) >= 11 is 0. The van der Waals surface area contributed by atoms with Crippen LogP contribution in [0.1, 0.15) is 19.3 Å². The van der Waals surface area contributed by atoms with Crippen molar-refractivity contribution < 1.29 is 57.8 Å². The maximum Gasteiger partial charge on any atom is 0.368 e. The number of carboxylic acids is 1. The van der Waals surface area contributed by atoms with Crippen LogP contribution >= 0.6 is 7.60 Å². The molecule has 1 heterocycles. The molecule has 1 fully saturated rings. The van der Waals surface area contributed by atoms with E-state index in [1.165, 1.54) is 0 Å². The smallest absolute Gasteiger partial charge is 0.368 e. The van der Waals surface area contributed by atoms with E-state index in [0.29, 0.717) is 4.48 Å². The van der Waals surface area contributed by atoms with E-state index in [4.69, 9.17) is 14.9 Å². The molecule has 0 aromatic carbocycles. The predicted octanol–water partition coefficient (Wildman–Crippen LogP) is -3.43. The first kappa shape index (κ1) is 18.3. The number of quaternary nitrogens is 1. The SMILES string of the molecule is C[N+]1(CCC(O)(C(=O)O)P(=O)(O)O)CCCC1.[I-]. The second-order valence-corrected chi connectivity index (χ2v) is 6.74. The van der Waals surface area contributed by atoms with Crippen molar-refractivity contribution in [1.82, 2.24) is 0 Å². The molecule has 0 saturated carbocycles. The first-order valence-corrected chi connectivity index (χ1v) is 7.07. The van der Waals surface area contributed by atoms with E-state index in [2.05, 4.69) is 0 Å². The van der Waals surface area contributed by atoms with Crippen LogP contribution in [0.5, 0.6) is 0 Å². The van der Waals surface area contributed by atoms with Gasteiger partial charge in [0.1, 0.15) is 0 Å². The molecule has 1 rings (SSSR count). The summed E-state index contributed by atoms with van der Waals surface area (Å²) in [6, 6.07) is 0. The van der Waals surface area contributed by atoms with Gasteiger partial charge in [0.15, 0.2) is 0 Å². The minimum Gasteiger partial charge on any atom is -1.00 e. The average molecular weight is 395 g/mol. The van der Waals surface area contributed by atoms with Crippen molar-refractivity contribution in [2.75, 3.05) is 26.7 Å². The van der Waals surface area contributed by atoms with Gasteiger partial charge in [-0.1, -0.05) is 0 Å².